The van der Waals surface area contributed by atoms with Crippen LogP contribution in [-0.2, 0) is 17.3 Å². The van der Waals surface area contributed by atoms with Gasteiger partial charge in [0.25, 0.3) is 5.91 Å². The van der Waals surface area contributed by atoms with E-state index in [1.54, 1.807) is 12.1 Å². The van der Waals surface area contributed by atoms with Gasteiger partial charge in [0, 0.05) is 18.2 Å². The van der Waals surface area contributed by atoms with Crippen molar-refractivity contribution < 1.29 is 27.5 Å². The van der Waals surface area contributed by atoms with Crippen molar-refractivity contribution in [2.75, 3.05) is 11.9 Å². The van der Waals surface area contributed by atoms with Crippen LogP contribution in [0.3, 0.4) is 0 Å². The Hall–Kier alpha value is -3.14. The summed E-state index contributed by atoms with van der Waals surface area (Å²) in [6, 6.07) is 4.61. The standard InChI is InChI=1S/C26H31F3N4O3/c1-4-11-36-17-8-5-15(6-9-17)31-19-12-16(7-10-18(19)24(30)35)33-20-13-25(2,3)14-21(34)22(20)23(32-33)26(27,28)29/h4,7,10,12,15,17,31H,1,5-6,8-9,11,13-14H2,2-3H3,(H2,30,35). The van der Waals surface area contributed by atoms with Crippen molar-refractivity contribution in [2.24, 2.45) is 11.1 Å². The number of alkyl halides is 3. The Morgan fingerprint density at radius 3 is 2.58 bits per heavy atom. The summed E-state index contributed by atoms with van der Waals surface area (Å²) in [6.07, 6.45) is 0.596. The summed E-state index contributed by atoms with van der Waals surface area (Å²) in [5.74, 6) is -1.22. The number of fused-ring (bicyclic) bond motifs is 1. The number of nitrogens with two attached hydrogens (primary N) is 1. The van der Waals surface area contributed by atoms with E-state index in [4.69, 9.17) is 10.5 Å². The fourth-order valence-corrected chi connectivity index (χ4v) is 5.16. The van der Waals surface area contributed by atoms with Crippen LogP contribution in [0.2, 0.25) is 0 Å². The van der Waals surface area contributed by atoms with Gasteiger partial charge >= 0.3 is 6.18 Å². The first-order valence-electron chi connectivity index (χ1n) is 12.0. The van der Waals surface area contributed by atoms with Crippen LogP contribution in [0.25, 0.3) is 5.69 Å². The Balaban J connectivity index is 1.70. The van der Waals surface area contributed by atoms with Crippen molar-refractivity contribution in [3.05, 3.63) is 53.4 Å². The van der Waals surface area contributed by atoms with Crippen LogP contribution in [0.1, 0.15) is 78.1 Å². The lowest BCUT2D eigenvalue weighted by molar-refractivity contribution is -0.141. The van der Waals surface area contributed by atoms with Crippen LogP contribution in [0.5, 0.6) is 0 Å². The van der Waals surface area contributed by atoms with Crippen LogP contribution in [0, 0.1) is 5.41 Å². The molecular weight excluding hydrogens is 473 g/mol. The number of carbonyl (C=O) groups is 2. The minimum atomic E-state index is -4.77. The molecule has 0 spiro atoms. The quantitative estimate of drug-likeness (QED) is 0.513. The number of nitrogens with one attached hydrogen (secondary N) is 1. The molecule has 1 aromatic heterocycles. The fourth-order valence-electron chi connectivity index (χ4n) is 5.16. The average molecular weight is 505 g/mol. The number of rotatable bonds is 7. The fraction of sp³-hybridized carbons (Fsp3) is 0.500. The molecule has 2 aliphatic carbocycles. The van der Waals surface area contributed by atoms with E-state index in [-0.39, 0.29) is 41.8 Å². The number of ether oxygens (including phenoxy) is 1. The number of carbonyl (C=O) groups excluding carboxylic acids is 2. The topological polar surface area (TPSA) is 99.2 Å². The van der Waals surface area contributed by atoms with E-state index in [0.29, 0.717) is 18.0 Å². The largest absolute Gasteiger partial charge is 0.435 e. The van der Waals surface area contributed by atoms with Crippen molar-refractivity contribution in [3.8, 4) is 5.69 Å². The van der Waals surface area contributed by atoms with Crippen LogP contribution >= 0.6 is 0 Å². The van der Waals surface area contributed by atoms with Gasteiger partial charge in [-0.2, -0.15) is 18.3 Å². The lowest BCUT2D eigenvalue weighted by Gasteiger charge is -2.30. The van der Waals surface area contributed by atoms with Crippen LogP contribution in [0.15, 0.2) is 30.9 Å². The van der Waals surface area contributed by atoms with E-state index in [2.05, 4.69) is 17.0 Å². The zero-order valence-electron chi connectivity index (χ0n) is 20.5. The number of hydrogen-bond acceptors (Lipinski definition) is 5. The number of primary amides is 1. The summed E-state index contributed by atoms with van der Waals surface area (Å²) in [5.41, 5.74) is 4.74. The molecule has 0 bridgehead atoms. The summed E-state index contributed by atoms with van der Waals surface area (Å²) >= 11 is 0. The highest BCUT2D eigenvalue weighted by molar-refractivity contribution is 6.00. The molecule has 0 unspecified atom stereocenters. The van der Waals surface area contributed by atoms with Crippen molar-refractivity contribution >= 4 is 17.4 Å². The second-order valence-electron chi connectivity index (χ2n) is 10.4. The van der Waals surface area contributed by atoms with E-state index in [1.165, 1.54) is 16.8 Å². The zero-order valence-corrected chi connectivity index (χ0v) is 20.5. The maximum absolute atomic E-state index is 13.8. The lowest BCUT2D eigenvalue weighted by Crippen LogP contribution is -2.31. The van der Waals surface area contributed by atoms with Gasteiger partial charge in [-0.3, -0.25) is 9.59 Å². The number of hydrogen-bond donors (Lipinski definition) is 2. The van der Waals surface area contributed by atoms with Gasteiger partial charge < -0.3 is 15.8 Å². The molecule has 0 saturated heterocycles. The van der Waals surface area contributed by atoms with E-state index in [1.807, 2.05) is 13.8 Å². The Morgan fingerprint density at radius 1 is 1.28 bits per heavy atom. The van der Waals surface area contributed by atoms with Gasteiger partial charge in [0.2, 0.25) is 0 Å². The maximum atomic E-state index is 13.8. The Kier molecular flexibility index (Phi) is 7.01. The monoisotopic (exact) mass is 504 g/mol. The first-order chi connectivity index (χ1) is 16.9. The molecule has 0 aliphatic heterocycles. The second-order valence-corrected chi connectivity index (χ2v) is 10.4. The highest BCUT2D eigenvalue weighted by Crippen LogP contribution is 2.42. The molecular formula is C26H31F3N4O3. The number of anilines is 1. The van der Waals surface area contributed by atoms with Crippen LogP contribution in [0.4, 0.5) is 18.9 Å². The van der Waals surface area contributed by atoms with Gasteiger partial charge in [0.15, 0.2) is 11.5 Å². The first-order valence-corrected chi connectivity index (χ1v) is 12.0. The molecule has 1 amide bonds. The van der Waals surface area contributed by atoms with Crippen LogP contribution < -0.4 is 11.1 Å². The minimum Gasteiger partial charge on any atom is -0.382 e. The van der Waals surface area contributed by atoms with E-state index >= 15 is 0 Å². The van der Waals surface area contributed by atoms with Crippen molar-refractivity contribution in [3.63, 3.8) is 0 Å². The van der Waals surface area contributed by atoms with Gasteiger partial charge in [-0.05, 0) is 55.7 Å². The minimum absolute atomic E-state index is 0.0153. The van der Waals surface area contributed by atoms with Crippen molar-refractivity contribution in [1.29, 1.82) is 0 Å². The smallest absolute Gasteiger partial charge is 0.382 e. The Morgan fingerprint density at radius 2 is 1.97 bits per heavy atom. The highest BCUT2D eigenvalue weighted by atomic mass is 19.4. The van der Waals surface area contributed by atoms with Gasteiger partial charge in [-0.1, -0.05) is 19.9 Å². The number of aromatic nitrogens is 2. The molecule has 0 radical (unpaired) electrons. The molecule has 0 atom stereocenters. The average Bonchev–Trinajstić information content (AvgIpc) is 3.17. The summed E-state index contributed by atoms with van der Waals surface area (Å²) in [7, 11) is 0. The van der Waals surface area contributed by atoms with Gasteiger partial charge in [0.05, 0.1) is 35.2 Å². The molecule has 1 fully saturated rings. The molecule has 1 saturated carbocycles. The predicted molar refractivity (Wildman–Crippen MR) is 129 cm³/mol. The third kappa shape index (κ3) is 5.33. The maximum Gasteiger partial charge on any atom is 0.435 e. The molecule has 7 nitrogen and oxygen atoms in total. The number of Topliss-reactive ketones (excluding diaryl/α,β-unsaturated/α-hetero) is 1. The molecule has 4 rings (SSSR count). The van der Waals surface area contributed by atoms with Crippen LogP contribution in [-0.4, -0.2) is 40.2 Å². The molecule has 2 aliphatic rings. The summed E-state index contributed by atoms with van der Waals surface area (Å²) in [5, 5.41) is 7.21. The summed E-state index contributed by atoms with van der Waals surface area (Å²) in [4.78, 5) is 24.9. The molecule has 1 heterocycles. The first kappa shape index (κ1) is 25.9. The molecule has 36 heavy (non-hydrogen) atoms. The third-order valence-electron chi connectivity index (χ3n) is 6.81. The van der Waals surface area contributed by atoms with E-state index < -0.39 is 29.0 Å². The zero-order chi connectivity index (χ0) is 26.3. The number of halogens is 3. The van der Waals surface area contributed by atoms with E-state index in [9.17, 15) is 22.8 Å². The Bertz CT molecular complexity index is 1180. The molecule has 1 aromatic carbocycles. The van der Waals surface area contributed by atoms with E-state index in [0.717, 1.165) is 25.7 Å². The van der Waals surface area contributed by atoms with Crippen molar-refractivity contribution in [2.45, 2.75) is 70.7 Å². The predicted octanol–water partition coefficient (Wildman–Crippen LogP) is 5.07. The number of amides is 1. The second kappa shape index (κ2) is 9.72. The highest BCUT2D eigenvalue weighted by Gasteiger charge is 2.45. The van der Waals surface area contributed by atoms with Gasteiger partial charge in [-0.25, -0.2) is 4.68 Å². The molecule has 194 valence electrons. The number of nitrogens with zero attached hydrogens (tertiary/aromatic N) is 2. The third-order valence-corrected chi connectivity index (χ3v) is 6.81. The van der Waals surface area contributed by atoms with Crippen molar-refractivity contribution in [1.82, 2.24) is 9.78 Å². The molecule has 2 aromatic rings. The normalized spacial score (nSPS) is 21.6. The summed E-state index contributed by atoms with van der Waals surface area (Å²) < 4.78 is 48.4. The van der Waals surface area contributed by atoms with Gasteiger partial charge in [0.1, 0.15) is 0 Å². The SMILES string of the molecule is C=CCOC1CCC(Nc2cc(-n3nc(C(F)(F)F)c4c3CC(C)(C)CC4=O)ccc2C(N)=O)CC1. The number of ketones is 1. The molecule has 10 heteroatoms. The van der Waals surface area contributed by atoms with Gasteiger partial charge in [-0.15, -0.1) is 6.58 Å². The Labute approximate surface area is 207 Å². The molecule has 3 N–H and O–H groups in total. The lowest BCUT2D eigenvalue weighted by atomic mass is 9.75. The summed E-state index contributed by atoms with van der Waals surface area (Å²) in [6.45, 7) is 7.84. The number of benzene rings is 1.